The predicted octanol–water partition coefficient (Wildman–Crippen LogP) is 1.46. The number of hydrogen-bond donors (Lipinski definition) is 2. The molecule has 1 aliphatic heterocycles. The lowest BCUT2D eigenvalue weighted by atomic mass is 10.0. The molecule has 1 fully saturated rings. The molecule has 1 aromatic carbocycles. The zero-order chi connectivity index (χ0) is 17.6. The van der Waals surface area contributed by atoms with Crippen LogP contribution in [0.5, 0.6) is 0 Å². The summed E-state index contributed by atoms with van der Waals surface area (Å²) in [5, 5.41) is 10.9. The Morgan fingerprint density at radius 3 is 2.80 bits per heavy atom. The normalized spacial score (nSPS) is 18.3. The monoisotopic (exact) mass is 341 g/mol. The smallest absolute Gasteiger partial charge is 0.191 e. The van der Waals surface area contributed by atoms with Crippen molar-refractivity contribution in [3.63, 3.8) is 0 Å². The first-order chi connectivity index (χ1) is 12.2. The summed E-state index contributed by atoms with van der Waals surface area (Å²) in [6.45, 7) is 4.81. The van der Waals surface area contributed by atoms with Gasteiger partial charge in [0.2, 0.25) is 0 Å². The highest BCUT2D eigenvalue weighted by Gasteiger charge is 2.21. The first-order valence-corrected chi connectivity index (χ1v) is 8.77. The van der Waals surface area contributed by atoms with Crippen molar-refractivity contribution in [1.29, 1.82) is 0 Å². The van der Waals surface area contributed by atoms with Gasteiger partial charge in [0.1, 0.15) is 12.2 Å². The van der Waals surface area contributed by atoms with Gasteiger partial charge in [0.25, 0.3) is 0 Å². The molecule has 0 radical (unpaired) electrons. The van der Waals surface area contributed by atoms with E-state index in [1.54, 1.807) is 18.1 Å². The van der Waals surface area contributed by atoms with Gasteiger partial charge in [-0.3, -0.25) is 9.67 Å². The minimum Gasteiger partial charge on any atom is -0.369 e. The Morgan fingerprint density at radius 1 is 1.32 bits per heavy atom. The van der Waals surface area contributed by atoms with Crippen LogP contribution in [0.1, 0.15) is 24.2 Å². The summed E-state index contributed by atoms with van der Waals surface area (Å²) in [4.78, 5) is 11.0. The van der Waals surface area contributed by atoms with Crippen LogP contribution in [-0.2, 0) is 13.6 Å². The maximum Gasteiger partial charge on any atom is 0.191 e. The zero-order valence-electron chi connectivity index (χ0n) is 15.2. The van der Waals surface area contributed by atoms with E-state index in [4.69, 9.17) is 0 Å². The Morgan fingerprint density at radius 2 is 2.12 bits per heavy atom. The lowest BCUT2D eigenvalue weighted by molar-refractivity contribution is 0.467. The largest absolute Gasteiger partial charge is 0.369 e. The summed E-state index contributed by atoms with van der Waals surface area (Å²) in [6.07, 6.45) is 3.88. The molecule has 0 spiro atoms. The fourth-order valence-electron chi connectivity index (χ4n) is 3.12. The number of piperidine rings is 1. The number of rotatable bonds is 4. The average Bonchev–Trinajstić information content (AvgIpc) is 3.04. The van der Waals surface area contributed by atoms with Crippen LogP contribution < -0.4 is 15.5 Å². The predicted molar refractivity (Wildman–Crippen MR) is 101 cm³/mol. The number of guanidine groups is 1. The minimum atomic E-state index is 0.376. The van der Waals surface area contributed by atoms with Crippen LogP contribution in [0.3, 0.4) is 0 Å². The van der Waals surface area contributed by atoms with Crippen molar-refractivity contribution in [2.24, 2.45) is 12.0 Å². The van der Waals surface area contributed by atoms with Crippen molar-refractivity contribution in [3.8, 4) is 0 Å². The van der Waals surface area contributed by atoms with Gasteiger partial charge in [0.15, 0.2) is 5.96 Å². The van der Waals surface area contributed by atoms with E-state index in [-0.39, 0.29) is 0 Å². The maximum atomic E-state index is 4.34. The van der Waals surface area contributed by atoms with Crippen molar-refractivity contribution < 1.29 is 0 Å². The van der Waals surface area contributed by atoms with Crippen molar-refractivity contribution in [1.82, 2.24) is 25.4 Å². The molecule has 0 bridgehead atoms. The van der Waals surface area contributed by atoms with Crippen LogP contribution in [-0.4, -0.2) is 46.9 Å². The second kappa shape index (κ2) is 8.00. The highest BCUT2D eigenvalue weighted by atomic mass is 15.3. The molecule has 7 heteroatoms. The van der Waals surface area contributed by atoms with Gasteiger partial charge >= 0.3 is 0 Å². The average molecular weight is 341 g/mol. The van der Waals surface area contributed by atoms with Gasteiger partial charge in [-0.1, -0.05) is 17.7 Å². The third kappa shape index (κ3) is 4.49. The number of nitrogens with zero attached hydrogens (tertiary/aromatic N) is 5. The summed E-state index contributed by atoms with van der Waals surface area (Å²) >= 11 is 0. The van der Waals surface area contributed by atoms with Gasteiger partial charge in [-0.25, -0.2) is 4.98 Å². The van der Waals surface area contributed by atoms with E-state index in [0.29, 0.717) is 12.6 Å². The van der Waals surface area contributed by atoms with Crippen LogP contribution in [0.25, 0.3) is 0 Å². The van der Waals surface area contributed by atoms with Crippen molar-refractivity contribution in [3.05, 3.63) is 42.0 Å². The number of aromatic nitrogens is 3. The van der Waals surface area contributed by atoms with Crippen LogP contribution in [0, 0.1) is 6.92 Å². The molecule has 2 heterocycles. The summed E-state index contributed by atoms with van der Waals surface area (Å²) in [6, 6.07) is 9.14. The van der Waals surface area contributed by atoms with E-state index in [0.717, 1.165) is 31.3 Å². The molecule has 1 atom stereocenters. The number of nitrogens with one attached hydrogen (secondary N) is 2. The van der Waals surface area contributed by atoms with Crippen molar-refractivity contribution in [2.45, 2.75) is 32.4 Å². The van der Waals surface area contributed by atoms with Crippen molar-refractivity contribution >= 4 is 11.6 Å². The van der Waals surface area contributed by atoms with Gasteiger partial charge in [-0.05, 0) is 31.9 Å². The van der Waals surface area contributed by atoms with Crippen LogP contribution >= 0.6 is 0 Å². The molecule has 1 aliphatic rings. The lowest BCUT2D eigenvalue weighted by Crippen LogP contribution is -2.51. The number of aryl methyl sites for hydroxylation is 2. The van der Waals surface area contributed by atoms with Crippen LogP contribution in [0.4, 0.5) is 5.69 Å². The lowest BCUT2D eigenvalue weighted by Gasteiger charge is -2.35. The van der Waals surface area contributed by atoms with E-state index < -0.39 is 0 Å². The third-order valence-electron chi connectivity index (χ3n) is 4.60. The highest BCUT2D eigenvalue weighted by Crippen LogP contribution is 2.20. The molecule has 1 aromatic heterocycles. The molecule has 2 N–H and O–H groups in total. The van der Waals surface area contributed by atoms with E-state index in [1.165, 1.54) is 17.7 Å². The second-order valence-electron chi connectivity index (χ2n) is 6.49. The van der Waals surface area contributed by atoms with E-state index in [9.17, 15) is 0 Å². The summed E-state index contributed by atoms with van der Waals surface area (Å²) in [7, 11) is 3.69. The molecule has 134 valence electrons. The molecule has 7 nitrogen and oxygen atoms in total. The first-order valence-electron chi connectivity index (χ1n) is 8.77. The van der Waals surface area contributed by atoms with E-state index >= 15 is 0 Å². The van der Waals surface area contributed by atoms with E-state index in [2.05, 4.69) is 61.8 Å². The van der Waals surface area contributed by atoms with Gasteiger partial charge in [0, 0.05) is 38.9 Å². The number of benzene rings is 1. The van der Waals surface area contributed by atoms with E-state index in [1.807, 2.05) is 7.05 Å². The molecule has 2 aromatic rings. The van der Waals surface area contributed by atoms with Gasteiger partial charge in [0.05, 0.1) is 6.54 Å². The molecule has 1 unspecified atom stereocenters. The molecule has 0 amide bonds. The summed E-state index contributed by atoms with van der Waals surface area (Å²) in [5.74, 6) is 1.69. The van der Waals surface area contributed by atoms with Gasteiger partial charge < -0.3 is 15.5 Å². The van der Waals surface area contributed by atoms with Crippen molar-refractivity contribution in [2.75, 3.05) is 25.0 Å². The third-order valence-corrected chi connectivity index (χ3v) is 4.60. The molecule has 1 saturated heterocycles. The second-order valence-corrected chi connectivity index (χ2v) is 6.49. The SMILES string of the molecule is CN=C(NCc1ncnn1C)NC1CCCN(c2ccc(C)cc2)C1. The Hall–Kier alpha value is -2.57. The minimum absolute atomic E-state index is 0.376. The molecule has 0 aliphatic carbocycles. The molecule has 3 rings (SSSR count). The zero-order valence-corrected chi connectivity index (χ0v) is 15.2. The molecule has 0 saturated carbocycles. The van der Waals surface area contributed by atoms with Crippen LogP contribution in [0.15, 0.2) is 35.6 Å². The fraction of sp³-hybridized carbons (Fsp3) is 0.500. The standard InChI is InChI=1S/C18H27N7/c1-14-6-8-16(9-7-14)25-10-4-5-15(12-25)23-18(19-2)20-11-17-21-13-22-24(17)3/h6-9,13,15H,4-5,10-12H2,1-3H3,(H2,19,20,23). The van der Waals surface area contributed by atoms with Gasteiger partial charge in [-0.15, -0.1) is 0 Å². The molecule has 25 heavy (non-hydrogen) atoms. The molecular weight excluding hydrogens is 314 g/mol. The quantitative estimate of drug-likeness (QED) is 0.651. The highest BCUT2D eigenvalue weighted by molar-refractivity contribution is 5.80. The Balaban J connectivity index is 1.55. The van der Waals surface area contributed by atoms with Crippen LogP contribution in [0.2, 0.25) is 0 Å². The summed E-state index contributed by atoms with van der Waals surface area (Å²) in [5.41, 5.74) is 2.59. The fourth-order valence-corrected chi connectivity index (χ4v) is 3.12. The Kier molecular flexibility index (Phi) is 5.53. The Labute approximate surface area is 149 Å². The van der Waals surface area contributed by atoms with Gasteiger partial charge in [-0.2, -0.15) is 5.10 Å². The maximum absolute atomic E-state index is 4.34. The topological polar surface area (TPSA) is 70.4 Å². The Bertz CT molecular complexity index is 704. The number of aliphatic imine (C=N–C) groups is 1. The number of hydrogen-bond acceptors (Lipinski definition) is 4. The molecular formula is C18H27N7. The number of anilines is 1. The summed E-state index contributed by atoms with van der Waals surface area (Å²) < 4.78 is 1.76. The first kappa shape index (κ1) is 17.3.